The molecule has 0 atom stereocenters. The molecule has 0 saturated carbocycles. The van der Waals surface area contributed by atoms with Crippen LogP contribution in [0.25, 0.3) is 10.2 Å². The number of carbonyl (C=O) groups excluding carboxylic acids is 1. The molecule has 0 spiro atoms. The number of carboxylic acids is 1. The van der Waals surface area contributed by atoms with E-state index >= 15 is 0 Å². The number of nitrogen functional groups attached to an aromatic ring is 1. The third kappa shape index (κ3) is 3.43. The average Bonchev–Trinajstić information content (AvgIpc) is 2.91. The SMILES string of the molecule is Cc1cc(C(F)(F)F)c2c(N)c(C(=O)Nc3ccc(O)c(C(=O)O)c3)sc2n1. The number of aromatic nitrogens is 1. The number of benzene rings is 1. The van der Waals surface area contributed by atoms with E-state index in [0.717, 1.165) is 18.2 Å². The van der Waals surface area contributed by atoms with Crippen molar-refractivity contribution in [1.29, 1.82) is 0 Å². The van der Waals surface area contributed by atoms with Crippen LogP contribution in [-0.4, -0.2) is 27.1 Å². The third-order valence-electron chi connectivity index (χ3n) is 3.82. The maximum atomic E-state index is 13.3. The van der Waals surface area contributed by atoms with Gasteiger partial charge in [-0.3, -0.25) is 4.79 Å². The maximum Gasteiger partial charge on any atom is 0.417 e. The first kappa shape index (κ1) is 19.4. The Morgan fingerprint density at radius 1 is 1.25 bits per heavy atom. The number of pyridine rings is 1. The second-order valence-electron chi connectivity index (χ2n) is 5.83. The molecule has 0 bridgehead atoms. The molecule has 0 fully saturated rings. The molecule has 7 nitrogen and oxygen atoms in total. The lowest BCUT2D eigenvalue weighted by Crippen LogP contribution is -2.13. The first-order valence-electron chi connectivity index (χ1n) is 7.63. The molecule has 2 heterocycles. The number of alkyl halides is 3. The third-order valence-corrected chi connectivity index (χ3v) is 4.92. The molecule has 0 aliphatic heterocycles. The van der Waals surface area contributed by atoms with Crippen LogP contribution in [0.3, 0.4) is 0 Å². The number of anilines is 2. The Morgan fingerprint density at radius 2 is 1.93 bits per heavy atom. The molecule has 28 heavy (non-hydrogen) atoms. The summed E-state index contributed by atoms with van der Waals surface area (Å²) in [6, 6.07) is 4.18. The molecular formula is C17H12F3N3O4S. The molecule has 146 valence electrons. The Kier molecular flexibility index (Phi) is 4.63. The molecule has 1 aromatic carbocycles. The van der Waals surface area contributed by atoms with Crippen LogP contribution >= 0.6 is 11.3 Å². The number of carboxylic acid groups (broad SMARTS) is 1. The van der Waals surface area contributed by atoms with Crippen molar-refractivity contribution in [2.75, 3.05) is 11.1 Å². The van der Waals surface area contributed by atoms with Gasteiger partial charge in [-0.15, -0.1) is 11.3 Å². The fourth-order valence-electron chi connectivity index (χ4n) is 2.61. The number of halogens is 3. The molecule has 2 aromatic heterocycles. The van der Waals surface area contributed by atoms with Crippen LogP contribution in [-0.2, 0) is 6.18 Å². The van der Waals surface area contributed by atoms with Gasteiger partial charge in [-0.25, -0.2) is 9.78 Å². The van der Waals surface area contributed by atoms with Gasteiger partial charge in [0.15, 0.2) is 0 Å². The smallest absolute Gasteiger partial charge is 0.417 e. The first-order valence-corrected chi connectivity index (χ1v) is 8.45. The van der Waals surface area contributed by atoms with E-state index in [2.05, 4.69) is 10.3 Å². The van der Waals surface area contributed by atoms with E-state index in [1.165, 1.54) is 13.0 Å². The Balaban J connectivity index is 2.05. The summed E-state index contributed by atoms with van der Waals surface area (Å²) in [4.78, 5) is 27.4. The van der Waals surface area contributed by atoms with Gasteiger partial charge >= 0.3 is 12.1 Å². The van der Waals surface area contributed by atoms with Crippen molar-refractivity contribution in [3.8, 4) is 5.75 Å². The molecule has 1 amide bonds. The van der Waals surface area contributed by atoms with Gasteiger partial charge in [0.05, 0.1) is 11.3 Å². The summed E-state index contributed by atoms with van der Waals surface area (Å²) in [6.45, 7) is 1.40. The molecule has 11 heteroatoms. The second-order valence-corrected chi connectivity index (χ2v) is 6.82. The van der Waals surface area contributed by atoms with Crippen LogP contribution in [0, 0.1) is 6.92 Å². The van der Waals surface area contributed by atoms with Gasteiger partial charge in [0.1, 0.15) is 21.0 Å². The van der Waals surface area contributed by atoms with Crippen LogP contribution in [0.2, 0.25) is 0 Å². The lowest BCUT2D eigenvalue weighted by atomic mass is 10.1. The number of rotatable bonds is 3. The summed E-state index contributed by atoms with van der Waals surface area (Å²) >= 11 is 0.695. The Bertz CT molecular complexity index is 1130. The van der Waals surface area contributed by atoms with E-state index < -0.39 is 34.9 Å². The quantitative estimate of drug-likeness (QED) is 0.485. The number of aromatic carboxylic acids is 1. The first-order chi connectivity index (χ1) is 13.0. The number of aryl methyl sites for hydroxylation is 1. The molecule has 0 radical (unpaired) electrons. The fourth-order valence-corrected chi connectivity index (χ4v) is 3.67. The summed E-state index contributed by atoms with van der Waals surface area (Å²) in [5.74, 6) is -2.74. The molecule has 0 aliphatic carbocycles. The number of aromatic hydroxyl groups is 1. The van der Waals surface area contributed by atoms with Gasteiger partial charge in [-0.1, -0.05) is 0 Å². The van der Waals surface area contributed by atoms with Crippen LogP contribution in [0.15, 0.2) is 24.3 Å². The number of nitrogens with one attached hydrogen (secondary N) is 1. The highest BCUT2D eigenvalue weighted by Crippen LogP contribution is 2.42. The Hall–Kier alpha value is -3.34. The number of nitrogens with zero attached hydrogens (tertiary/aromatic N) is 1. The zero-order chi connectivity index (χ0) is 20.8. The molecule has 0 unspecified atom stereocenters. The van der Waals surface area contributed by atoms with Gasteiger partial charge in [-0.05, 0) is 31.2 Å². The molecule has 3 rings (SSSR count). The highest BCUT2D eigenvalue weighted by molar-refractivity contribution is 7.21. The second kappa shape index (κ2) is 6.68. The van der Waals surface area contributed by atoms with Gasteiger partial charge in [0.2, 0.25) is 0 Å². The monoisotopic (exact) mass is 411 g/mol. The largest absolute Gasteiger partial charge is 0.507 e. The van der Waals surface area contributed by atoms with Crippen molar-refractivity contribution < 1.29 is 33.0 Å². The molecular weight excluding hydrogens is 399 g/mol. The minimum atomic E-state index is -4.68. The van der Waals surface area contributed by atoms with Gasteiger partial charge in [-0.2, -0.15) is 13.2 Å². The number of hydrogen-bond donors (Lipinski definition) is 4. The van der Waals surface area contributed by atoms with Crippen LogP contribution in [0.5, 0.6) is 5.75 Å². The zero-order valence-electron chi connectivity index (χ0n) is 14.1. The van der Waals surface area contributed by atoms with E-state index in [9.17, 15) is 27.9 Å². The summed E-state index contributed by atoms with van der Waals surface area (Å²) < 4.78 is 40.0. The summed E-state index contributed by atoms with van der Waals surface area (Å²) in [7, 11) is 0. The maximum absolute atomic E-state index is 13.3. The number of amides is 1. The lowest BCUT2D eigenvalue weighted by Gasteiger charge is -2.10. The Labute approximate surface area is 159 Å². The van der Waals surface area contributed by atoms with Crippen molar-refractivity contribution >= 4 is 44.8 Å². The van der Waals surface area contributed by atoms with Crippen molar-refractivity contribution in [1.82, 2.24) is 4.98 Å². The van der Waals surface area contributed by atoms with Gasteiger partial charge < -0.3 is 21.3 Å². The number of hydrogen-bond acceptors (Lipinski definition) is 6. The van der Waals surface area contributed by atoms with E-state index in [4.69, 9.17) is 10.8 Å². The predicted molar refractivity (Wildman–Crippen MR) is 96.8 cm³/mol. The van der Waals surface area contributed by atoms with Crippen molar-refractivity contribution in [2.24, 2.45) is 0 Å². The normalized spacial score (nSPS) is 11.6. The molecule has 0 aliphatic rings. The number of phenols is 1. The van der Waals surface area contributed by atoms with E-state index in [0.29, 0.717) is 11.3 Å². The van der Waals surface area contributed by atoms with Crippen molar-refractivity contribution in [3.05, 3.63) is 46.0 Å². The number of thiophene rings is 1. The Morgan fingerprint density at radius 3 is 2.54 bits per heavy atom. The van der Waals surface area contributed by atoms with E-state index in [1.807, 2.05) is 0 Å². The zero-order valence-corrected chi connectivity index (χ0v) is 14.9. The minimum Gasteiger partial charge on any atom is -0.507 e. The highest BCUT2D eigenvalue weighted by atomic mass is 32.1. The summed E-state index contributed by atoms with van der Waals surface area (Å²) in [5, 5.41) is 20.5. The predicted octanol–water partition coefficient (Wildman–Crippen LogP) is 3.86. The van der Waals surface area contributed by atoms with E-state index in [-0.39, 0.29) is 32.2 Å². The van der Waals surface area contributed by atoms with Crippen LogP contribution < -0.4 is 11.1 Å². The topological polar surface area (TPSA) is 126 Å². The summed E-state index contributed by atoms with van der Waals surface area (Å²) in [5.41, 5.74) is 4.17. The summed E-state index contributed by atoms with van der Waals surface area (Å²) in [6.07, 6.45) is -4.68. The van der Waals surface area contributed by atoms with E-state index in [1.54, 1.807) is 0 Å². The number of fused-ring (bicyclic) bond motifs is 1. The van der Waals surface area contributed by atoms with Gasteiger partial charge in [0.25, 0.3) is 5.91 Å². The van der Waals surface area contributed by atoms with Crippen LogP contribution in [0.1, 0.15) is 31.3 Å². The fraction of sp³-hybridized carbons (Fsp3) is 0.118. The molecule has 0 saturated heterocycles. The van der Waals surface area contributed by atoms with Crippen LogP contribution in [0.4, 0.5) is 24.5 Å². The van der Waals surface area contributed by atoms with Gasteiger partial charge in [0, 0.05) is 16.8 Å². The highest BCUT2D eigenvalue weighted by Gasteiger charge is 2.35. The number of nitrogens with two attached hydrogens (primary N) is 1. The minimum absolute atomic E-state index is 0.0252. The average molecular weight is 411 g/mol. The van der Waals surface area contributed by atoms with Crippen molar-refractivity contribution in [3.63, 3.8) is 0 Å². The molecule has 5 N–H and O–H groups in total. The standard InChI is InChI=1S/C17H12F3N3O4S/c1-6-4-9(17(18,19)20)11-12(21)13(28-15(11)22-6)14(25)23-7-2-3-10(24)8(5-7)16(26)27/h2-5,24H,21H2,1H3,(H,23,25)(H,26,27). The number of carbonyl (C=O) groups is 2. The lowest BCUT2D eigenvalue weighted by molar-refractivity contribution is -0.136. The van der Waals surface area contributed by atoms with Crippen molar-refractivity contribution in [2.45, 2.75) is 13.1 Å². The molecule has 3 aromatic rings.